The summed E-state index contributed by atoms with van der Waals surface area (Å²) in [5.41, 5.74) is 4.67. The first-order valence-corrected chi connectivity index (χ1v) is 31.7. The van der Waals surface area contributed by atoms with Crippen LogP contribution in [0.5, 0.6) is 17.6 Å². The topological polar surface area (TPSA) is 208 Å². The van der Waals surface area contributed by atoms with E-state index in [9.17, 15) is 19.8 Å². The average Bonchev–Trinajstić information content (AvgIpc) is 1.94. The molecule has 2 amide bonds. The fourth-order valence-electron chi connectivity index (χ4n) is 14.8. The maximum atomic E-state index is 17.4. The number of aryl methyl sites for hydroxylation is 2. The van der Waals surface area contributed by atoms with E-state index >= 15 is 8.78 Å². The van der Waals surface area contributed by atoms with E-state index in [2.05, 4.69) is 42.4 Å². The van der Waals surface area contributed by atoms with Gasteiger partial charge in [0, 0.05) is 81.6 Å². The van der Waals surface area contributed by atoms with Crippen molar-refractivity contribution in [3.05, 3.63) is 101 Å². The summed E-state index contributed by atoms with van der Waals surface area (Å²) < 4.78 is 52.5. The van der Waals surface area contributed by atoms with Crippen LogP contribution in [0.4, 0.5) is 14.6 Å². The predicted octanol–water partition coefficient (Wildman–Crippen LogP) is 9.45. The molecule has 2 unspecified atom stereocenters. The molecule has 0 aliphatic carbocycles. The number of amides is 2. The Hall–Kier alpha value is -6.91. The number of aliphatic hydroxyl groups excluding tert-OH is 1. The third-order valence-electron chi connectivity index (χ3n) is 19.4. The molecule has 86 heavy (non-hydrogen) atoms. The summed E-state index contributed by atoms with van der Waals surface area (Å²) in [4.78, 5) is 57.0. The van der Waals surface area contributed by atoms with Gasteiger partial charge in [0.2, 0.25) is 11.8 Å². The van der Waals surface area contributed by atoms with Gasteiger partial charge in [-0.1, -0.05) is 63.2 Å². The number of piperidine rings is 1. The lowest BCUT2D eigenvalue weighted by molar-refractivity contribution is -0.141. The van der Waals surface area contributed by atoms with Crippen molar-refractivity contribution in [3.63, 3.8) is 0 Å². The lowest BCUT2D eigenvalue weighted by Gasteiger charge is -2.40. The fourth-order valence-corrected chi connectivity index (χ4v) is 15.7. The van der Waals surface area contributed by atoms with Crippen LogP contribution in [-0.2, 0) is 16.0 Å². The van der Waals surface area contributed by atoms with E-state index in [1.54, 1.807) is 35.7 Å². The van der Waals surface area contributed by atoms with Gasteiger partial charge >= 0.3 is 6.01 Å². The molecule has 3 aromatic carbocycles. The van der Waals surface area contributed by atoms with Gasteiger partial charge in [-0.15, -0.1) is 11.3 Å². The van der Waals surface area contributed by atoms with Gasteiger partial charge in [-0.25, -0.2) is 13.8 Å². The number of rotatable bonds is 18. The second-order valence-corrected chi connectivity index (χ2v) is 26.3. The van der Waals surface area contributed by atoms with Gasteiger partial charge < -0.3 is 49.5 Å². The van der Waals surface area contributed by atoms with E-state index in [4.69, 9.17) is 28.9 Å². The number of pyridine rings is 1. The molecule has 2 bridgehead atoms. The third-order valence-corrected chi connectivity index (χ3v) is 20.4. The SMILES string of the molecule is CCc1cccc2cc(O)cc(-c3ncc4c(N5CC6CCC(C5)N6)nc(OC[C@@]56CCCN5[C@H](CN5CCC(F)(COc7cc([C@@H](C(=O)N8C[C@H](O)C[C@H]8C(=O)N[C@@H](C)c8ccc(-c9scnc9C)cc8)C(C)C)on7)CC5)CC6)nc4c3F)c12. The zero-order valence-corrected chi connectivity index (χ0v) is 50.4. The van der Waals surface area contributed by atoms with E-state index in [-0.39, 0.29) is 102 Å². The van der Waals surface area contributed by atoms with Gasteiger partial charge in [0.1, 0.15) is 53.6 Å². The zero-order chi connectivity index (χ0) is 59.6. The fraction of sp³-hybridized carbons (Fsp3) is 0.523. The molecule has 6 aliphatic rings. The number of aliphatic hydroxyl groups is 1. The number of fused-ring (bicyclic) bond motifs is 5. The van der Waals surface area contributed by atoms with Crippen molar-refractivity contribution in [2.75, 3.05) is 63.9 Å². The number of benzene rings is 3. The van der Waals surface area contributed by atoms with Gasteiger partial charge in [-0.3, -0.25) is 19.5 Å². The first-order chi connectivity index (χ1) is 41.5. The number of phenols is 1. The first-order valence-electron chi connectivity index (χ1n) is 30.8. The Morgan fingerprint density at radius 3 is 2.48 bits per heavy atom. The standard InChI is InChI=1S/C65H77F2N11O7S/c1-6-40-9-7-10-43-25-47(79)26-49(55(40)43)57-56(66)58-50(29-68-57)60(76-30-44-15-16-45(31-76)71-44)73-63(72-58)84-35-65-18-8-22-78(65)46(17-19-65)32-75-23-20-64(67,21-24-75)34-83-53-28-52(85-74-53)54(37(2)3)62(82)77-33-48(80)27-51(77)61(81)70-38(4)41-11-13-42(14-12-41)59-39(5)69-36-86-59/h7,9-14,25-26,28-29,36-38,44-46,48,51,54,71,79-80H,6,8,15-24,27,30-35H2,1-5H3,(H,70,81)/t38-,44?,45?,46-,48+,51-,54-,65-/m0/s1. The van der Waals surface area contributed by atoms with E-state index in [0.29, 0.717) is 48.5 Å². The van der Waals surface area contributed by atoms with Crippen LogP contribution in [0.3, 0.4) is 0 Å². The number of phenolic OH excluding ortho intramolecular Hbond substituents is 1. The van der Waals surface area contributed by atoms with Crippen molar-refractivity contribution in [1.82, 2.24) is 50.4 Å². The molecule has 6 saturated heterocycles. The number of β-amino-alcohol motifs (C(OH)–C–C–N with tert-alkyl or cyclic N) is 1. The van der Waals surface area contributed by atoms with Crippen molar-refractivity contribution in [2.24, 2.45) is 5.92 Å². The van der Waals surface area contributed by atoms with Gasteiger partial charge in [0.15, 0.2) is 11.6 Å². The molecule has 7 aromatic rings. The molecule has 0 spiro atoms. The molecule has 10 heterocycles. The summed E-state index contributed by atoms with van der Waals surface area (Å²) in [6.07, 6.45) is 8.14. The molecule has 4 N–H and O–H groups in total. The molecule has 8 atom stereocenters. The molecule has 6 fully saturated rings. The molecular weight excluding hydrogens is 1120 g/mol. The minimum Gasteiger partial charge on any atom is -0.508 e. The number of piperazine rings is 1. The summed E-state index contributed by atoms with van der Waals surface area (Å²) in [7, 11) is 0. The van der Waals surface area contributed by atoms with E-state index < -0.39 is 29.5 Å². The molecule has 0 saturated carbocycles. The minimum atomic E-state index is -1.61. The van der Waals surface area contributed by atoms with Crippen LogP contribution in [0.25, 0.3) is 43.4 Å². The van der Waals surface area contributed by atoms with Crippen molar-refractivity contribution < 1.29 is 42.6 Å². The summed E-state index contributed by atoms with van der Waals surface area (Å²) in [6.45, 7) is 14.1. The highest BCUT2D eigenvalue weighted by Gasteiger charge is 2.51. The Morgan fingerprint density at radius 2 is 1.73 bits per heavy atom. The lowest BCUT2D eigenvalue weighted by Crippen LogP contribution is -2.52. The van der Waals surface area contributed by atoms with Crippen LogP contribution < -0.4 is 25.0 Å². The largest absolute Gasteiger partial charge is 0.508 e. The number of alkyl halides is 1. The molecule has 18 nitrogen and oxygen atoms in total. The lowest BCUT2D eigenvalue weighted by atomic mass is 9.91. The van der Waals surface area contributed by atoms with Crippen LogP contribution in [0.15, 0.2) is 76.9 Å². The number of nitrogens with one attached hydrogen (secondary N) is 2. The monoisotopic (exact) mass is 1190 g/mol. The first kappa shape index (κ1) is 58.1. The third kappa shape index (κ3) is 11.3. The van der Waals surface area contributed by atoms with Crippen molar-refractivity contribution in [2.45, 2.75) is 152 Å². The van der Waals surface area contributed by atoms with Crippen molar-refractivity contribution in [1.29, 1.82) is 0 Å². The molecule has 21 heteroatoms. The Kier molecular flexibility index (Phi) is 16.0. The number of hydrogen-bond donors (Lipinski definition) is 4. The predicted molar refractivity (Wildman–Crippen MR) is 325 cm³/mol. The number of hydrogen-bond acceptors (Lipinski definition) is 17. The van der Waals surface area contributed by atoms with Crippen LogP contribution in [-0.4, -0.2) is 162 Å². The summed E-state index contributed by atoms with van der Waals surface area (Å²) in [5.74, 6) is -1.44. The van der Waals surface area contributed by atoms with E-state index in [0.717, 1.165) is 109 Å². The van der Waals surface area contributed by atoms with Gasteiger partial charge in [0.05, 0.1) is 39.2 Å². The number of carbonyl (C=O) groups is 2. The molecule has 454 valence electrons. The van der Waals surface area contributed by atoms with Crippen molar-refractivity contribution >= 4 is 50.6 Å². The number of anilines is 1. The van der Waals surface area contributed by atoms with E-state index in [1.165, 1.54) is 4.90 Å². The number of halogens is 2. The Balaban J connectivity index is 0.634. The highest BCUT2D eigenvalue weighted by atomic mass is 32.1. The highest BCUT2D eigenvalue weighted by molar-refractivity contribution is 7.13. The Morgan fingerprint density at radius 1 is 0.942 bits per heavy atom. The Bertz CT molecular complexity index is 3640. The Labute approximate surface area is 503 Å². The molecule has 4 aromatic heterocycles. The average molecular weight is 1190 g/mol. The van der Waals surface area contributed by atoms with Crippen LogP contribution >= 0.6 is 11.3 Å². The number of ether oxygens (including phenoxy) is 2. The van der Waals surface area contributed by atoms with Crippen molar-refractivity contribution in [3.8, 4) is 39.3 Å². The number of aromatic nitrogens is 5. The van der Waals surface area contributed by atoms with Crippen LogP contribution in [0.2, 0.25) is 0 Å². The smallest absolute Gasteiger partial charge is 0.319 e. The second-order valence-electron chi connectivity index (χ2n) is 25.5. The summed E-state index contributed by atoms with van der Waals surface area (Å²) >= 11 is 1.58. The number of nitrogens with zero attached hydrogens (tertiary/aromatic N) is 9. The molecule has 0 radical (unpaired) electrons. The minimum absolute atomic E-state index is 0.00394. The second kappa shape index (κ2) is 23.6. The number of aromatic hydroxyl groups is 1. The maximum absolute atomic E-state index is 17.4. The quantitative estimate of drug-likeness (QED) is 0.0631. The number of carbonyl (C=O) groups excluding carboxylic acids is 2. The number of thiazole rings is 1. The summed E-state index contributed by atoms with van der Waals surface area (Å²) in [5, 5.41) is 34.7. The van der Waals surface area contributed by atoms with E-state index in [1.807, 2.05) is 75.7 Å². The molecule has 13 rings (SSSR count). The molecule has 6 aliphatic heterocycles. The highest BCUT2D eigenvalue weighted by Crippen LogP contribution is 2.45. The zero-order valence-electron chi connectivity index (χ0n) is 49.6. The summed E-state index contributed by atoms with van der Waals surface area (Å²) in [6, 6.07) is 18.4. The van der Waals surface area contributed by atoms with Gasteiger partial charge in [-0.2, -0.15) is 9.97 Å². The number of likely N-dealkylation sites (tertiary alicyclic amines) is 2. The van der Waals surface area contributed by atoms with Crippen LogP contribution in [0, 0.1) is 18.7 Å². The van der Waals surface area contributed by atoms with Gasteiger partial charge in [0.25, 0.3) is 5.88 Å². The maximum Gasteiger partial charge on any atom is 0.319 e. The normalized spacial score (nSPS) is 24.7. The van der Waals surface area contributed by atoms with Crippen LogP contribution in [0.1, 0.15) is 120 Å². The van der Waals surface area contributed by atoms with Gasteiger partial charge in [-0.05, 0) is 129 Å². The molecular formula is C65H77F2N11O7S.